The molecule has 0 saturated carbocycles. The second-order valence-electron chi connectivity index (χ2n) is 8.53. The molecule has 0 atom stereocenters. The van der Waals surface area contributed by atoms with Crippen molar-refractivity contribution in [2.24, 2.45) is 5.73 Å². The molecule has 1 amide bonds. The summed E-state index contributed by atoms with van der Waals surface area (Å²) in [7, 11) is 1.88. The van der Waals surface area contributed by atoms with Crippen LogP contribution in [0.5, 0.6) is 5.75 Å². The van der Waals surface area contributed by atoms with E-state index in [1.165, 1.54) is 57.8 Å². The molecule has 4 heteroatoms. The highest BCUT2D eigenvalue weighted by Gasteiger charge is 2.09. The number of amides is 1. The molecule has 0 bridgehead atoms. The minimum atomic E-state index is 0.198. The second kappa shape index (κ2) is 18.2. The van der Waals surface area contributed by atoms with Crippen LogP contribution < -0.4 is 10.5 Å². The number of ether oxygens (including phenoxy) is 1. The molecule has 30 heavy (non-hydrogen) atoms. The normalized spacial score (nSPS) is 10.9. The highest BCUT2D eigenvalue weighted by molar-refractivity contribution is 5.75. The van der Waals surface area contributed by atoms with Crippen LogP contribution in [0.3, 0.4) is 0 Å². The number of benzene rings is 1. The first-order chi connectivity index (χ1) is 14.7. The Kier molecular flexibility index (Phi) is 16.1. The fourth-order valence-corrected chi connectivity index (χ4v) is 3.66. The molecule has 0 aliphatic rings. The molecule has 0 aliphatic carbocycles. The number of rotatable bonds is 19. The lowest BCUT2D eigenvalue weighted by Crippen LogP contribution is -2.25. The molecule has 0 fully saturated rings. The van der Waals surface area contributed by atoms with Crippen molar-refractivity contribution in [1.82, 2.24) is 4.90 Å². The second-order valence-corrected chi connectivity index (χ2v) is 8.53. The highest BCUT2D eigenvalue weighted by atomic mass is 16.5. The maximum absolute atomic E-state index is 12.2. The Bertz CT molecular complexity index is 548. The molecule has 0 aromatic heterocycles. The number of nitrogens with zero attached hydrogens (tertiary/aromatic N) is 1. The van der Waals surface area contributed by atoms with Gasteiger partial charge in [0.1, 0.15) is 5.75 Å². The van der Waals surface area contributed by atoms with Gasteiger partial charge in [-0.3, -0.25) is 4.79 Å². The number of unbranched alkanes of at least 4 members (excludes halogenated alkanes) is 11. The zero-order valence-corrected chi connectivity index (χ0v) is 19.7. The molecular weight excluding hydrogens is 372 g/mol. The van der Waals surface area contributed by atoms with Crippen molar-refractivity contribution in [3.8, 4) is 5.75 Å². The molecule has 0 saturated heterocycles. The van der Waals surface area contributed by atoms with Crippen LogP contribution in [-0.2, 0) is 11.3 Å². The largest absolute Gasteiger partial charge is 0.494 e. The van der Waals surface area contributed by atoms with Gasteiger partial charge in [-0.25, -0.2) is 0 Å². The Balaban J connectivity index is 2.14. The maximum Gasteiger partial charge on any atom is 0.222 e. The van der Waals surface area contributed by atoms with Crippen LogP contribution in [0.15, 0.2) is 24.3 Å². The average Bonchev–Trinajstić information content (AvgIpc) is 2.75. The Morgan fingerprint density at radius 3 is 2.20 bits per heavy atom. The van der Waals surface area contributed by atoms with Gasteiger partial charge >= 0.3 is 0 Å². The van der Waals surface area contributed by atoms with Crippen molar-refractivity contribution < 1.29 is 9.53 Å². The smallest absolute Gasteiger partial charge is 0.222 e. The lowest BCUT2D eigenvalue weighted by Gasteiger charge is -2.18. The SMILES string of the molecule is CCCCCCCCCCCCOc1cccc(CN(C)C(=O)CCCCCN)c1. The molecule has 1 aromatic carbocycles. The van der Waals surface area contributed by atoms with E-state index in [0.29, 0.717) is 19.5 Å². The molecule has 0 radical (unpaired) electrons. The highest BCUT2D eigenvalue weighted by Crippen LogP contribution is 2.16. The Morgan fingerprint density at radius 2 is 1.53 bits per heavy atom. The van der Waals surface area contributed by atoms with E-state index in [2.05, 4.69) is 19.1 Å². The molecular formula is C26H46N2O2. The molecule has 4 nitrogen and oxygen atoms in total. The first kappa shape index (κ1) is 26.5. The van der Waals surface area contributed by atoms with Crippen LogP contribution >= 0.6 is 0 Å². The fraction of sp³-hybridized carbons (Fsp3) is 0.731. The zero-order valence-electron chi connectivity index (χ0n) is 19.7. The molecule has 0 aliphatic heterocycles. The predicted molar refractivity (Wildman–Crippen MR) is 128 cm³/mol. The molecule has 172 valence electrons. The van der Waals surface area contributed by atoms with E-state index in [0.717, 1.165) is 43.6 Å². The maximum atomic E-state index is 12.2. The summed E-state index contributed by atoms with van der Waals surface area (Å²) in [5.41, 5.74) is 6.62. The van der Waals surface area contributed by atoms with Gasteiger partial charge in [0, 0.05) is 20.0 Å². The fourth-order valence-electron chi connectivity index (χ4n) is 3.66. The minimum absolute atomic E-state index is 0.198. The summed E-state index contributed by atoms with van der Waals surface area (Å²) >= 11 is 0. The summed E-state index contributed by atoms with van der Waals surface area (Å²) in [4.78, 5) is 14.1. The summed E-state index contributed by atoms with van der Waals surface area (Å²) in [5, 5.41) is 0. The van der Waals surface area contributed by atoms with E-state index in [1.807, 2.05) is 24.1 Å². The Labute approximate surface area is 185 Å². The van der Waals surface area contributed by atoms with Gasteiger partial charge in [0.05, 0.1) is 6.61 Å². The molecule has 1 aromatic rings. The lowest BCUT2D eigenvalue weighted by atomic mass is 10.1. The average molecular weight is 419 g/mol. The van der Waals surface area contributed by atoms with Gasteiger partial charge < -0.3 is 15.4 Å². The van der Waals surface area contributed by atoms with E-state index >= 15 is 0 Å². The standard InChI is InChI=1S/C26H46N2O2/c1-3-4-5-6-7-8-9-10-11-15-21-30-25-18-16-17-24(22-25)23-28(2)26(29)19-13-12-14-20-27/h16-18,22H,3-15,19-21,23,27H2,1-2H3. The number of hydrogen-bond donors (Lipinski definition) is 1. The van der Waals surface area contributed by atoms with E-state index in [-0.39, 0.29) is 5.91 Å². The van der Waals surface area contributed by atoms with Gasteiger partial charge in [0.15, 0.2) is 0 Å². The third kappa shape index (κ3) is 13.6. The van der Waals surface area contributed by atoms with E-state index in [9.17, 15) is 4.79 Å². The summed E-state index contributed by atoms with van der Waals surface area (Å²) in [6.07, 6.45) is 16.9. The zero-order chi connectivity index (χ0) is 21.9. The van der Waals surface area contributed by atoms with E-state index < -0.39 is 0 Å². The topological polar surface area (TPSA) is 55.6 Å². The first-order valence-electron chi connectivity index (χ1n) is 12.3. The van der Waals surface area contributed by atoms with Crippen molar-refractivity contribution >= 4 is 5.91 Å². The van der Waals surface area contributed by atoms with Gasteiger partial charge in [-0.15, -0.1) is 0 Å². The third-order valence-corrected chi connectivity index (χ3v) is 5.61. The third-order valence-electron chi connectivity index (χ3n) is 5.61. The van der Waals surface area contributed by atoms with Crippen molar-refractivity contribution in [3.63, 3.8) is 0 Å². The van der Waals surface area contributed by atoms with E-state index in [1.54, 1.807) is 0 Å². The van der Waals surface area contributed by atoms with Crippen LogP contribution in [0.1, 0.15) is 102 Å². The summed E-state index contributed by atoms with van der Waals surface area (Å²) in [6.45, 7) is 4.38. The molecule has 0 unspecified atom stereocenters. The molecule has 1 rings (SSSR count). The van der Waals surface area contributed by atoms with Crippen molar-refractivity contribution in [1.29, 1.82) is 0 Å². The lowest BCUT2D eigenvalue weighted by molar-refractivity contribution is -0.130. The van der Waals surface area contributed by atoms with Gasteiger partial charge in [-0.05, 0) is 43.5 Å². The number of nitrogens with two attached hydrogens (primary N) is 1. The minimum Gasteiger partial charge on any atom is -0.494 e. The molecule has 0 spiro atoms. The summed E-state index contributed by atoms with van der Waals surface area (Å²) in [5.74, 6) is 1.11. The van der Waals surface area contributed by atoms with Crippen LogP contribution in [0, 0.1) is 0 Å². The van der Waals surface area contributed by atoms with Gasteiger partial charge in [0.2, 0.25) is 5.91 Å². The van der Waals surface area contributed by atoms with Crippen LogP contribution in [-0.4, -0.2) is 31.0 Å². The molecule has 0 heterocycles. The van der Waals surface area contributed by atoms with Crippen LogP contribution in [0.4, 0.5) is 0 Å². The quantitative estimate of drug-likeness (QED) is 0.262. The predicted octanol–water partition coefficient (Wildman–Crippen LogP) is 6.46. The van der Waals surface area contributed by atoms with Crippen LogP contribution in [0.25, 0.3) is 0 Å². The van der Waals surface area contributed by atoms with Crippen LogP contribution in [0.2, 0.25) is 0 Å². The Hall–Kier alpha value is -1.55. The Morgan fingerprint density at radius 1 is 0.900 bits per heavy atom. The van der Waals surface area contributed by atoms with Gasteiger partial charge in [-0.1, -0.05) is 83.3 Å². The van der Waals surface area contributed by atoms with Gasteiger partial charge in [0.25, 0.3) is 0 Å². The number of carbonyl (C=O) groups is 1. The summed E-state index contributed by atoms with van der Waals surface area (Å²) in [6, 6.07) is 8.15. The molecule has 2 N–H and O–H groups in total. The van der Waals surface area contributed by atoms with Crippen molar-refractivity contribution in [3.05, 3.63) is 29.8 Å². The van der Waals surface area contributed by atoms with Crippen molar-refractivity contribution in [2.75, 3.05) is 20.2 Å². The van der Waals surface area contributed by atoms with E-state index in [4.69, 9.17) is 10.5 Å². The monoisotopic (exact) mass is 418 g/mol. The summed E-state index contributed by atoms with van der Waals surface area (Å²) < 4.78 is 5.94. The number of carbonyl (C=O) groups excluding carboxylic acids is 1. The first-order valence-corrected chi connectivity index (χ1v) is 12.3. The number of hydrogen-bond acceptors (Lipinski definition) is 3. The van der Waals surface area contributed by atoms with Crippen molar-refractivity contribution in [2.45, 2.75) is 103 Å². The van der Waals surface area contributed by atoms with Gasteiger partial charge in [-0.2, -0.15) is 0 Å².